The molecule has 3 aromatic rings. The Morgan fingerprint density at radius 1 is 1.08 bits per heavy atom. The van der Waals surface area contributed by atoms with Gasteiger partial charge in [-0.05, 0) is 42.5 Å². The average Bonchev–Trinajstić information content (AvgIpc) is 2.62. The number of nitrogens with zero attached hydrogens (tertiary/aromatic N) is 2. The lowest BCUT2D eigenvalue weighted by molar-refractivity contribution is -0.137. The molecule has 0 spiro atoms. The molecule has 9 heteroatoms. The van der Waals surface area contributed by atoms with Gasteiger partial charge in [0.05, 0.1) is 12.7 Å². The van der Waals surface area contributed by atoms with Crippen molar-refractivity contribution >= 4 is 11.6 Å². The molecule has 0 aliphatic carbocycles. The smallest absolute Gasteiger partial charge is 0.416 e. The molecule has 0 fully saturated rings. The van der Waals surface area contributed by atoms with E-state index in [1.54, 1.807) is 24.3 Å². The molecule has 0 atom stereocenters. The van der Waals surface area contributed by atoms with Crippen LogP contribution in [0.25, 0.3) is 11.3 Å². The van der Waals surface area contributed by atoms with Gasteiger partial charge in [-0.2, -0.15) is 13.2 Å². The number of H-pyrrole nitrogens is 1. The Balaban J connectivity index is 1.85. The first-order valence-corrected chi connectivity index (χ1v) is 7.42. The van der Waals surface area contributed by atoms with Crippen molar-refractivity contribution in [1.82, 2.24) is 15.2 Å². The van der Waals surface area contributed by atoms with Crippen molar-refractivity contribution < 1.29 is 17.9 Å². The second kappa shape index (κ2) is 6.87. The summed E-state index contributed by atoms with van der Waals surface area (Å²) in [6.45, 7) is 0. The SMILES string of the molecule is COc1ccc(-c2nnc(Nc3cccc(C(F)(F)F)c3)[nH]c2=O)cc1. The van der Waals surface area contributed by atoms with Crippen LogP contribution in [0.3, 0.4) is 0 Å². The molecule has 0 bridgehead atoms. The number of anilines is 2. The minimum absolute atomic E-state index is 0.0633. The van der Waals surface area contributed by atoms with Crippen LogP contribution < -0.4 is 15.6 Å². The maximum Gasteiger partial charge on any atom is 0.416 e. The Labute approximate surface area is 145 Å². The number of hydrogen-bond acceptors (Lipinski definition) is 5. The molecule has 0 saturated carbocycles. The molecule has 26 heavy (non-hydrogen) atoms. The fourth-order valence-corrected chi connectivity index (χ4v) is 2.24. The number of nitrogens with one attached hydrogen (secondary N) is 2. The van der Waals surface area contributed by atoms with Crippen LogP contribution in [-0.2, 0) is 6.18 Å². The predicted molar refractivity (Wildman–Crippen MR) is 89.4 cm³/mol. The minimum Gasteiger partial charge on any atom is -0.497 e. The first-order chi connectivity index (χ1) is 12.4. The van der Waals surface area contributed by atoms with Crippen LogP contribution in [0, 0.1) is 0 Å². The van der Waals surface area contributed by atoms with Crippen molar-refractivity contribution in [2.24, 2.45) is 0 Å². The summed E-state index contributed by atoms with van der Waals surface area (Å²) in [6, 6.07) is 11.2. The topological polar surface area (TPSA) is 79.9 Å². The monoisotopic (exact) mass is 362 g/mol. The first-order valence-electron chi connectivity index (χ1n) is 7.42. The molecule has 0 aliphatic rings. The zero-order valence-corrected chi connectivity index (χ0v) is 13.5. The standard InChI is InChI=1S/C17H13F3N4O2/c1-26-13-7-5-10(6-8-13)14-15(25)22-16(24-23-14)21-12-4-2-3-11(9-12)17(18,19)20/h2-9H,1H3,(H2,21,22,24,25). The zero-order chi connectivity index (χ0) is 18.7. The normalized spacial score (nSPS) is 11.2. The summed E-state index contributed by atoms with van der Waals surface area (Å²) in [5.41, 5.74) is -0.596. The molecular formula is C17H13F3N4O2. The fraction of sp³-hybridized carbons (Fsp3) is 0.118. The van der Waals surface area contributed by atoms with Gasteiger partial charge in [0.25, 0.3) is 5.56 Å². The van der Waals surface area contributed by atoms with Crippen LogP contribution in [0.5, 0.6) is 5.75 Å². The number of halogens is 3. The molecule has 0 amide bonds. The number of aromatic amines is 1. The highest BCUT2D eigenvalue weighted by molar-refractivity contribution is 5.60. The van der Waals surface area contributed by atoms with E-state index in [0.717, 1.165) is 12.1 Å². The third-order valence-electron chi connectivity index (χ3n) is 3.51. The van der Waals surface area contributed by atoms with Gasteiger partial charge < -0.3 is 10.1 Å². The van der Waals surface area contributed by atoms with E-state index >= 15 is 0 Å². The Bertz CT molecular complexity index is 969. The molecule has 0 radical (unpaired) electrons. The highest BCUT2D eigenvalue weighted by Gasteiger charge is 2.30. The molecule has 2 aromatic carbocycles. The third-order valence-corrected chi connectivity index (χ3v) is 3.51. The Morgan fingerprint density at radius 2 is 1.81 bits per heavy atom. The molecule has 134 valence electrons. The molecule has 3 rings (SSSR count). The zero-order valence-electron chi connectivity index (χ0n) is 13.5. The number of alkyl halides is 3. The van der Waals surface area contributed by atoms with Crippen molar-refractivity contribution in [2.75, 3.05) is 12.4 Å². The second-order valence-electron chi connectivity index (χ2n) is 5.28. The maximum atomic E-state index is 12.7. The molecular weight excluding hydrogens is 349 g/mol. The van der Waals surface area contributed by atoms with Crippen LogP contribution in [0.4, 0.5) is 24.8 Å². The number of hydrogen-bond donors (Lipinski definition) is 2. The maximum absolute atomic E-state index is 12.7. The molecule has 1 aromatic heterocycles. The van der Waals surface area contributed by atoms with E-state index in [-0.39, 0.29) is 17.3 Å². The number of ether oxygens (including phenoxy) is 1. The van der Waals surface area contributed by atoms with E-state index in [1.165, 1.54) is 19.2 Å². The van der Waals surface area contributed by atoms with Crippen molar-refractivity contribution in [3.05, 3.63) is 64.4 Å². The van der Waals surface area contributed by atoms with Gasteiger partial charge in [0.1, 0.15) is 5.75 Å². The van der Waals surface area contributed by atoms with Crippen LogP contribution in [0.15, 0.2) is 53.3 Å². The summed E-state index contributed by atoms with van der Waals surface area (Å²) < 4.78 is 43.3. The largest absolute Gasteiger partial charge is 0.497 e. The Morgan fingerprint density at radius 3 is 2.42 bits per heavy atom. The Kier molecular flexibility index (Phi) is 4.61. The highest BCUT2D eigenvalue weighted by Crippen LogP contribution is 2.31. The second-order valence-corrected chi connectivity index (χ2v) is 5.28. The average molecular weight is 362 g/mol. The van der Waals surface area contributed by atoms with Gasteiger partial charge in [0.15, 0.2) is 5.69 Å². The fourth-order valence-electron chi connectivity index (χ4n) is 2.24. The van der Waals surface area contributed by atoms with Crippen molar-refractivity contribution in [3.63, 3.8) is 0 Å². The number of methoxy groups -OCH3 is 1. The summed E-state index contributed by atoms with van der Waals surface area (Å²) in [6.07, 6.45) is -4.46. The van der Waals surface area contributed by atoms with Crippen LogP contribution in [0.2, 0.25) is 0 Å². The van der Waals surface area contributed by atoms with Crippen molar-refractivity contribution in [2.45, 2.75) is 6.18 Å². The van der Waals surface area contributed by atoms with Crippen molar-refractivity contribution in [1.29, 1.82) is 0 Å². The predicted octanol–water partition coefficient (Wildman–Crippen LogP) is 3.60. The molecule has 0 unspecified atom stereocenters. The lowest BCUT2D eigenvalue weighted by atomic mass is 10.1. The van der Waals surface area contributed by atoms with Gasteiger partial charge in [-0.3, -0.25) is 9.78 Å². The summed E-state index contributed by atoms with van der Waals surface area (Å²) >= 11 is 0. The summed E-state index contributed by atoms with van der Waals surface area (Å²) in [7, 11) is 1.52. The molecule has 0 saturated heterocycles. The lowest BCUT2D eigenvalue weighted by Gasteiger charge is -2.10. The van der Waals surface area contributed by atoms with Crippen molar-refractivity contribution in [3.8, 4) is 17.0 Å². The van der Waals surface area contributed by atoms with E-state index in [1.807, 2.05) is 0 Å². The van der Waals surface area contributed by atoms with E-state index in [0.29, 0.717) is 11.3 Å². The van der Waals surface area contributed by atoms with Gasteiger partial charge in [0, 0.05) is 11.3 Å². The van der Waals surface area contributed by atoms with Gasteiger partial charge in [0.2, 0.25) is 5.95 Å². The third kappa shape index (κ3) is 3.82. The molecule has 0 aliphatic heterocycles. The summed E-state index contributed by atoms with van der Waals surface area (Å²) in [5.74, 6) is 0.563. The number of benzene rings is 2. The van der Waals surface area contributed by atoms with E-state index < -0.39 is 17.3 Å². The van der Waals surface area contributed by atoms with Gasteiger partial charge in [-0.15, -0.1) is 10.2 Å². The van der Waals surface area contributed by atoms with Crippen LogP contribution in [0.1, 0.15) is 5.56 Å². The molecule has 1 heterocycles. The molecule has 2 N–H and O–H groups in total. The summed E-state index contributed by atoms with van der Waals surface area (Å²) in [5, 5.41) is 10.3. The van der Waals surface area contributed by atoms with Crippen LogP contribution in [-0.4, -0.2) is 22.3 Å². The van der Waals surface area contributed by atoms with E-state index in [2.05, 4.69) is 20.5 Å². The summed E-state index contributed by atoms with van der Waals surface area (Å²) in [4.78, 5) is 14.7. The van der Waals surface area contributed by atoms with E-state index in [4.69, 9.17) is 4.74 Å². The number of rotatable bonds is 4. The lowest BCUT2D eigenvalue weighted by Crippen LogP contribution is -2.15. The van der Waals surface area contributed by atoms with E-state index in [9.17, 15) is 18.0 Å². The number of aromatic nitrogens is 3. The van der Waals surface area contributed by atoms with Gasteiger partial charge >= 0.3 is 6.18 Å². The first kappa shape index (κ1) is 17.5. The minimum atomic E-state index is -4.46. The molecule has 6 nitrogen and oxygen atoms in total. The Hall–Kier alpha value is -3.36. The van der Waals surface area contributed by atoms with Crippen LogP contribution >= 0.6 is 0 Å². The highest BCUT2D eigenvalue weighted by atomic mass is 19.4. The quantitative estimate of drug-likeness (QED) is 0.741. The van der Waals surface area contributed by atoms with Gasteiger partial charge in [-0.1, -0.05) is 6.07 Å². The van der Waals surface area contributed by atoms with Gasteiger partial charge in [-0.25, -0.2) is 0 Å².